The highest BCUT2D eigenvalue weighted by molar-refractivity contribution is 9.11. The number of benzene rings is 2. The lowest BCUT2D eigenvalue weighted by Gasteiger charge is -2.11. The lowest BCUT2D eigenvalue weighted by atomic mass is 10.2. The van der Waals surface area contributed by atoms with Crippen molar-refractivity contribution < 1.29 is 14.3 Å². The van der Waals surface area contributed by atoms with Crippen molar-refractivity contribution in [1.82, 2.24) is 0 Å². The molecule has 0 aliphatic carbocycles. The number of halogens is 3. The summed E-state index contributed by atoms with van der Waals surface area (Å²) in [5.41, 5.74) is 1.58. The molecule has 0 atom stereocenters. The summed E-state index contributed by atoms with van der Waals surface area (Å²) in [6.07, 6.45) is 3.71. The minimum Gasteiger partial charge on any atom is -0.491 e. The summed E-state index contributed by atoms with van der Waals surface area (Å²) in [6.45, 7) is 2.76. The summed E-state index contributed by atoms with van der Waals surface area (Å²) in [4.78, 5) is 16.5. The second-order valence-corrected chi connectivity index (χ2v) is 7.95. The van der Waals surface area contributed by atoms with Gasteiger partial charge >= 0.3 is 5.97 Å². The quantitative estimate of drug-likeness (QED) is 0.256. The molecule has 0 fully saturated rings. The Morgan fingerprint density at radius 2 is 1.93 bits per heavy atom. The molecule has 0 spiro atoms. The lowest BCUT2D eigenvalue weighted by Crippen LogP contribution is -2.05. The predicted octanol–water partition coefficient (Wildman–Crippen LogP) is 6.39. The van der Waals surface area contributed by atoms with Gasteiger partial charge in [-0.15, -0.1) is 0 Å². The van der Waals surface area contributed by atoms with Crippen LogP contribution >= 0.6 is 43.5 Å². The van der Waals surface area contributed by atoms with E-state index in [9.17, 15) is 4.79 Å². The first kappa shape index (κ1) is 20.1. The largest absolute Gasteiger partial charge is 0.491 e. The van der Waals surface area contributed by atoms with E-state index in [2.05, 4.69) is 43.8 Å². The summed E-state index contributed by atoms with van der Waals surface area (Å²) < 4.78 is 12.7. The van der Waals surface area contributed by atoms with Crippen molar-refractivity contribution in [1.29, 1.82) is 0 Å². The molecule has 0 aromatic heterocycles. The fourth-order valence-corrected chi connectivity index (χ4v) is 4.10. The molecule has 0 unspecified atom stereocenters. The Labute approximate surface area is 179 Å². The van der Waals surface area contributed by atoms with Crippen LogP contribution in [0, 0.1) is 0 Å². The highest BCUT2D eigenvalue weighted by Crippen LogP contribution is 2.36. The van der Waals surface area contributed by atoms with Gasteiger partial charge in [0.15, 0.2) is 5.70 Å². The number of carbonyl (C=O) groups excluding carboxylic acids is 1. The number of ether oxygens (including phenoxy) is 2. The molecular formula is C20H16Br2ClNO3. The van der Waals surface area contributed by atoms with Crippen LogP contribution in [0.25, 0.3) is 6.08 Å². The first-order valence-electron chi connectivity index (χ1n) is 8.39. The van der Waals surface area contributed by atoms with Crippen molar-refractivity contribution >= 4 is 61.4 Å². The van der Waals surface area contributed by atoms with Gasteiger partial charge in [-0.05, 0) is 74.2 Å². The van der Waals surface area contributed by atoms with Gasteiger partial charge in [-0.25, -0.2) is 9.79 Å². The standard InChI is InChI=1S/C20H16Br2ClNO3/c1-2-3-8-26-18-14(21)9-12(10-15(18)22)11-17-20(25)27-19(24-17)13-6-4-5-7-16(13)23/h4-7,9-11H,2-3,8H2,1H3/b17-11-. The molecule has 0 radical (unpaired) electrons. The number of nitrogens with zero attached hydrogens (tertiary/aromatic N) is 1. The number of carbonyl (C=O) groups is 1. The number of esters is 1. The summed E-state index contributed by atoms with van der Waals surface area (Å²) in [6, 6.07) is 10.8. The van der Waals surface area contributed by atoms with Crippen LogP contribution in [0.5, 0.6) is 5.75 Å². The second-order valence-electron chi connectivity index (χ2n) is 5.83. The van der Waals surface area contributed by atoms with Crippen molar-refractivity contribution in [2.24, 2.45) is 4.99 Å². The van der Waals surface area contributed by atoms with Crippen LogP contribution in [0.4, 0.5) is 0 Å². The molecule has 2 aromatic carbocycles. The van der Waals surface area contributed by atoms with E-state index in [1.54, 1.807) is 24.3 Å². The van der Waals surface area contributed by atoms with Gasteiger partial charge in [0.05, 0.1) is 26.1 Å². The topological polar surface area (TPSA) is 47.9 Å². The molecule has 7 heteroatoms. The molecule has 140 valence electrons. The van der Waals surface area contributed by atoms with Gasteiger partial charge in [-0.3, -0.25) is 0 Å². The number of hydrogen-bond acceptors (Lipinski definition) is 4. The second kappa shape index (κ2) is 9.04. The van der Waals surface area contributed by atoms with Crippen molar-refractivity contribution in [3.63, 3.8) is 0 Å². The van der Waals surface area contributed by atoms with Crippen molar-refractivity contribution in [2.75, 3.05) is 6.61 Å². The Morgan fingerprint density at radius 3 is 2.59 bits per heavy atom. The van der Waals surface area contributed by atoms with E-state index in [1.165, 1.54) is 0 Å². The molecule has 3 rings (SSSR count). The molecule has 4 nitrogen and oxygen atoms in total. The third kappa shape index (κ3) is 4.81. The van der Waals surface area contributed by atoms with E-state index in [0.29, 0.717) is 17.2 Å². The number of cyclic esters (lactones) is 1. The Balaban J connectivity index is 1.88. The van der Waals surface area contributed by atoms with Crippen LogP contribution in [0.1, 0.15) is 30.9 Å². The van der Waals surface area contributed by atoms with Crippen LogP contribution in [0.3, 0.4) is 0 Å². The molecule has 1 aliphatic rings. The Kier molecular flexibility index (Phi) is 6.73. The molecule has 1 heterocycles. The Bertz CT molecular complexity index is 918. The smallest absolute Gasteiger partial charge is 0.363 e. The van der Waals surface area contributed by atoms with Gasteiger partial charge in [-0.1, -0.05) is 37.1 Å². The van der Waals surface area contributed by atoms with Crippen LogP contribution in [-0.4, -0.2) is 18.5 Å². The predicted molar refractivity (Wildman–Crippen MR) is 114 cm³/mol. The van der Waals surface area contributed by atoms with Gasteiger partial charge in [0, 0.05) is 0 Å². The fraction of sp³-hybridized carbons (Fsp3) is 0.200. The number of hydrogen-bond donors (Lipinski definition) is 0. The Hall–Kier alpha value is -1.63. The normalized spacial score (nSPS) is 15.0. The molecule has 0 saturated heterocycles. The van der Waals surface area contributed by atoms with Crippen LogP contribution in [0.15, 0.2) is 56.0 Å². The zero-order valence-electron chi connectivity index (χ0n) is 14.5. The van der Waals surface area contributed by atoms with E-state index < -0.39 is 5.97 Å². The maximum atomic E-state index is 12.2. The van der Waals surface area contributed by atoms with Gasteiger partial charge in [0.1, 0.15) is 5.75 Å². The average molecular weight is 514 g/mol. The van der Waals surface area contributed by atoms with E-state index >= 15 is 0 Å². The molecule has 1 aliphatic heterocycles. The average Bonchev–Trinajstić information content (AvgIpc) is 2.98. The first-order valence-corrected chi connectivity index (χ1v) is 10.3. The summed E-state index contributed by atoms with van der Waals surface area (Å²) in [7, 11) is 0. The maximum Gasteiger partial charge on any atom is 0.363 e. The molecule has 0 saturated carbocycles. The maximum absolute atomic E-state index is 12.2. The summed E-state index contributed by atoms with van der Waals surface area (Å²) in [5.74, 6) is 0.426. The van der Waals surface area contributed by atoms with Crippen LogP contribution in [-0.2, 0) is 9.53 Å². The van der Waals surface area contributed by atoms with Crippen LogP contribution < -0.4 is 4.74 Å². The summed E-state index contributed by atoms with van der Waals surface area (Å²) >= 11 is 13.2. The van der Waals surface area contributed by atoms with E-state index in [0.717, 1.165) is 33.1 Å². The highest BCUT2D eigenvalue weighted by atomic mass is 79.9. The van der Waals surface area contributed by atoms with Gasteiger partial charge in [0.2, 0.25) is 5.90 Å². The number of rotatable bonds is 6. The van der Waals surface area contributed by atoms with Crippen LogP contribution in [0.2, 0.25) is 5.02 Å². The zero-order chi connectivity index (χ0) is 19.4. The monoisotopic (exact) mass is 511 g/mol. The molecule has 0 amide bonds. The number of aliphatic imine (C=N–C) groups is 1. The number of unbranched alkanes of at least 4 members (excludes halogenated alkanes) is 1. The zero-order valence-corrected chi connectivity index (χ0v) is 18.4. The van der Waals surface area contributed by atoms with Gasteiger partial charge in [-0.2, -0.15) is 0 Å². The van der Waals surface area contributed by atoms with Crippen molar-refractivity contribution in [3.05, 3.63) is 67.2 Å². The molecule has 0 bridgehead atoms. The first-order chi connectivity index (χ1) is 13.0. The van der Waals surface area contributed by atoms with Crippen molar-refractivity contribution in [2.45, 2.75) is 19.8 Å². The molecule has 0 N–H and O–H groups in total. The van der Waals surface area contributed by atoms with Gasteiger partial charge < -0.3 is 9.47 Å². The SMILES string of the molecule is CCCCOc1c(Br)cc(/C=C2\N=C(c3ccccc3Cl)OC2=O)cc1Br. The molecular weight excluding hydrogens is 497 g/mol. The highest BCUT2D eigenvalue weighted by Gasteiger charge is 2.25. The summed E-state index contributed by atoms with van der Waals surface area (Å²) in [5, 5.41) is 0.476. The van der Waals surface area contributed by atoms with Gasteiger partial charge in [0.25, 0.3) is 0 Å². The molecule has 27 heavy (non-hydrogen) atoms. The van der Waals surface area contributed by atoms with E-state index in [1.807, 2.05) is 18.2 Å². The minimum atomic E-state index is -0.513. The molecule has 2 aromatic rings. The third-order valence-electron chi connectivity index (χ3n) is 3.79. The third-order valence-corrected chi connectivity index (χ3v) is 5.30. The van der Waals surface area contributed by atoms with E-state index in [-0.39, 0.29) is 11.6 Å². The lowest BCUT2D eigenvalue weighted by molar-refractivity contribution is -0.129. The van der Waals surface area contributed by atoms with E-state index in [4.69, 9.17) is 21.1 Å². The Morgan fingerprint density at radius 1 is 1.22 bits per heavy atom. The minimum absolute atomic E-state index is 0.203. The fourth-order valence-electron chi connectivity index (χ4n) is 2.44. The van der Waals surface area contributed by atoms with Crippen molar-refractivity contribution in [3.8, 4) is 5.75 Å².